The van der Waals surface area contributed by atoms with Gasteiger partial charge in [-0.25, -0.2) is 0 Å². The summed E-state index contributed by atoms with van der Waals surface area (Å²) in [4.78, 5) is 35.5. The SMILES string of the molecule is COC1C(OC(=O)CCCOCCOCCNC(=O)CCN[C@H](C=O)C(C)C)CC[C@]2(CO2)C1[C@@]1(C)O[C@@H]1CC=C(C)C. The molecule has 1 spiro atoms. The van der Waals surface area contributed by atoms with E-state index in [9.17, 15) is 14.4 Å². The second-order valence-corrected chi connectivity index (χ2v) is 12.7. The van der Waals surface area contributed by atoms with Gasteiger partial charge in [0.1, 0.15) is 29.7 Å². The number of esters is 1. The van der Waals surface area contributed by atoms with E-state index in [1.165, 1.54) is 5.57 Å². The van der Waals surface area contributed by atoms with Gasteiger partial charge in [-0.1, -0.05) is 25.5 Å². The highest BCUT2D eigenvalue weighted by Crippen LogP contribution is 2.59. The predicted molar refractivity (Wildman–Crippen MR) is 161 cm³/mol. The Bertz CT molecular complexity index is 934. The number of amides is 1. The highest BCUT2D eigenvalue weighted by molar-refractivity contribution is 5.76. The number of rotatable bonds is 21. The number of epoxide rings is 2. The smallest absolute Gasteiger partial charge is 0.306 e. The van der Waals surface area contributed by atoms with Gasteiger partial charge >= 0.3 is 5.97 Å². The molecule has 3 unspecified atom stereocenters. The van der Waals surface area contributed by atoms with Gasteiger partial charge < -0.3 is 43.8 Å². The molecular weight excluding hydrogens is 556 g/mol. The van der Waals surface area contributed by atoms with Crippen LogP contribution in [0.25, 0.3) is 0 Å². The topological polar surface area (TPSA) is 137 Å². The Balaban J connectivity index is 1.24. The van der Waals surface area contributed by atoms with Gasteiger partial charge in [0.15, 0.2) is 0 Å². The molecule has 2 N–H and O–H groups in total. The number of hydrogen-bond acceptors (Lipinski definition) is 10. The summed E-state index contributed by atoms with van der Waals surface area (Å²) in [5.74, 6) is -0.149. The monoisotopic (exact) mass is 610 g/mol. The normalized spacial score (nSPS) is 30.1. The first-order valence-corrected chi connectivity index (χ1v) is 15.8. The van der Waals surface area contributed by atoms with Crippen molar-refractivity contribution in [1.82, 2.24) is 10.6 Å². The number of aldehydes is 1. The van der Waals surface area contributed by atoms with E-state index >= 15 is 0 Å². The van der Waals surface area contributed by atoms with Crippen LogP contribution in [0.5, 0.6) is 0 Å². The van der Waals surface area contributed by atoms with Crippen molar-refractivity contribution in [2.45, 2.75) is 109 Å². The zero-order valence-electron chi connectivity index (χ0n) is 27.0. The van der Waals surface area contributed by atoms with Crippen molar-refractivity contribution in [1.29, 1.82) is 0 Å². The highest BCUT2D eigenvalue weighted by atomic mass is 16.6. The molecule has 3 aliphatic rings. The third-order valence-corrected chi connectivity index (χ3v) is 8.73. The van der Waals surface area contributed by atoms with Crippen LogP contribution in [0.4, 0.5) is 0 Å². The van der Waals surface area contributed by atoms with Gasteiger partial charge in [0.2, 0.25) is 5.91 Å². The fourth-order valence-corrected chi connectivity index (χ4v) is 6.08. The minimum Gasteiger partial charge on any atom is -0.460 e. The predicted octanol–water partition coefficient (Wildman–Crippen LogP) is 2.74. The van der Waals surface area contributed by atoms with E-state index in [1.807, 2.05) is 13.8 Å². The van der Waals surface area contributed by atoms with Crippen molar-refractivity contribution in [3.8, 4) is 0 Å². The average molecular weight is 611 g/mol. The van der Waals surface area contributed by atoms with Gasteiger partial charge in [0.05, 0.1) is 44.5 Å². The van der Waals surface area contributed by atoms with Gasteiger partial charge in [-0.3, -0.25) is 9.59 Å². The molecule has 7 atom stereocenters. The van der Waals surface area contributed by atoms with Crippen LogP contribution in [0.15, 0.2) is 11.6 Å². The fraction of sp³-hybridized carbons (Fsp3) is 0.844. The molecule has 0 aromatic rings. The summed E-state index contributed by atoms with van der Waals surface area (Å²) in [7, 11) is 1.68. The number of carbonyl (C=O) groups is 3. The first kappa shape index (κ1) is 35.6. The molecular formula is C32H54N2O9. The summed E-state index contributed by atoms with van der Waals surface area (Å²) >= 11 is 0. The zero-order chi connectivity index (χ0) is 31.5. The maximum absolute atomic E-state index is 12.7. The lowest BCUT2D eigenvalue weighted by Gasteiger charge is -2.42. The first-order chi connectivity index (χ1) is 20.6. The lowest BCUT2D eigenvalue weighted by atomic mass is 9.68. The number of carbonyl (C=O) groups excluding carboxylic acids is 3. The molecule has 0 aromatic heterocycles. The lowest BCUT2D eigenvalue weighted by Crippen LogP contribution is -2.55. The van der Waals surface area contributed by atoms with Gasteiger partial charge in [-0.2, -0.15) is 0 Å². The third-order valence-electron chi connectivity index (χ3n) is 8.73. The van der Waals surface area contributed by atoms with Crippen molar-refractivity contribution >= 4 is 18.2 Å². The van der Waals surface area contributed by atoms with Crippen LogP contribution in [0, 0.1) is 11.8 Å². The number of nitrogens with one attached hydrogen (secondary N) is 2. The second-order valence-electron chi connectivity index (χ2n) is 12.7. The summed E-state index contributed by atoms with van der Waals surface area (Å²) < 4.78 is 35.2. The number of ether oxygens (including phenoxy) is 6. The summed E-state index contributed by atoms with van der Waals surface area (Å²) in [6, 6.07) is -0.239. The molecule has 3 rings (SSSR count). The van der Waals surface area contributed by atoms with E-state index < -0.39 is 0 Å². The Kier molecular flexibility index (Phi) is 14.1. The minimum atomic E-state index is -0.359. The van der Waals surface area contributed by atoms with Crippen LogP contribution in [0.2, 0.25) is 0 Å². The minimum absolute atomic E-state index is 0.00617. The van der Waals surface area contributed by atoms with Crippen LogP contribution in [0.1, 0.15) is 73.1 Å². The Morgan fingerprint density at radius 1 is 1.07 bits per heavy atom. The summed E-state index contributed by atoms with van der Waals surface area (Å²) in [6.45, 7) is 13.4. The average Bonchev–Trinajstić information content (AvgIpc) is 3.88. The highest BCUT2D eigenvalue weighted by Gasteiger charge is 2.72. The van der Waals surface area contributed by atoms with Crippen molar-refractivity contribution in [2.24, 2.45) is 11.8 Å². The molecule has 0 aromatic carbocycles. The number of hydrogen-bond donors (Lipinski definition) is 2. The Morgan fingerprint density at radius 2 is 1.79 bits per heavy atom. The lowest BCUT2D eigenvalue weighted by molar-refractivity contribution is -0.172. The number of allylic oxidation sites excluding steroid dienone is 1. The Hall–Kier alpha value is -1.89. The molecule has 1 aliphatic carbocycles. The van der Waals surface area contributed by atoms with Crippen LogP contribution < -0.4 is 10.6 Å². The van der Waals surface area contributed by atoms with Gasteiger partial charge in [-0.15, -0.1) is 0 Å². The zero-order valence-corrected chi connectivity index (χ0v) is 27.0. The van der Waals surface area contributed by atoms with Gasteiger partial charge in [-0.05, 0) is 52.4 Å². The van der Waals surface area contributed by atoms with Crippen molar-refractivity contribution < 1.29 is 42.8 Å². The van der Waals surface area contributed by atoms with E-state index in [1.54, 1.807) is 7.11 Å². The Labute approximate surface area is 257 Å². The van der Waals surface area contributed by atoms with Crippen LogP contribution in [-0.4, -0.2) is 107 Å². The summed E-state index contributed by atoms with van der Waals surface area (Å²) in [5.41, 5.74) is 0.665. The van der Waals surface area contributed by atoms with Crippen molar-refractivity contribution in [3.63, 3.8) is 0 Å². The van der Waals surface area contributed by atoms with E-state index in [0.717, 1.165) is 19.1 Å². The van der Waals surface area contributed by atoms with E-state index in [4.69, 9.17) is 28.4 Å². The summed E-state index contributed by atoms with van der Waals surface area (Å²) in [6.07, 6.45) is 6.09. The Morgan fingerprint density at radius 3 is 2.42 bits per heavy atom. The van der Waals surface area contributed by atoms with E-state index in [2.05, 4.69) is 37.5 Å². The second kappa shape index (κ2) is 17.0. The molecule has 11 heteroatoms. The quantitative estimate of drug-likeness (QED) is 0.0656. The molecule has 1 amide bonds. The van der Waals surface area contributed by atoms with Crippen molar-refractivity contribution in [2.75, 3.05) is 53.2 Å². The standard InChI is InChI=1S/C32H54N2O9/c1-22(2)9-10-26-31(5,43-26)30-29(38-6)25(11-13-32(30)21-41-32)42-28(37)8-7-16-39-18-19-40-17-15-34-27(36)12-14-33-24(20-35)23(3)4/h9,20,23-26,29-30,33H,7-8,10-19,21H2,1-6H3,(H,34,36)/t24-,25?,26-,29?,30?,31+,32+/m1/s1. The molecule has 3 fully saturated rings. The molecule has 2 heterocycles. The molecule has 11 nitrogen and oxygen atoms in total. The third kappa shape index (κ3) is 10.6. The summed E-state index contributed by atoms with van der Waals surface area (Å²) in [5, 5.41) is 5.86. The molecule has 246 valence electrons. The van der Waals surface area contributed by atoms with Crippen LogP contribution >= 0.6 is 0 Å². The van der Waals surface area contributed by atoms with Crippen LogP contribution in [0.3, 0.4) is 0 Å². The van der Waals surface area contributed by atoms with Crippen LogP contribution in [-0.2, 0) is 42.8 Å². The molecule has 43 heavy (non-hydrogen) atoms. The fourth-order valence-electron chi connectivity index (χ4n) is 6.08. The molecule has 0 bridgehead atoms. The van der Waals surface area contributed by atoms with Gasteiger partial charge in [0.25, 0.3) is 0 Å². The van der Waals surface area contributed by atoms with E-state index in [0.29, 0.717) is 65.4 Å². The molecule has 2 saturated heterocycles. The first-order valence-electron chi connectivity index (χ1n) is 15.8. The van der Waals surface area contributed by atoms with Crippen molar-refractivity contribution in [3.05, 3.63) is 11.6 Å². The molecule has 0 radical (unpaired) electrons. The maximum atomic E-state index is 12.7. The van der Waals surface area contributed by atoms with E-state index in [-0.39, 0.29) is 65.7 Å². The molecule has 2 aliphatic heterocycles. The number of methoxy groups -OCH3 is 1. The van der Waals surface area contributed by atoms with Gasteiger partial charge in [0, 0.05) is 39.6 Å². The largest absolute Gasteiger partial charge is 0.460 e. The maximum Gasteiger partial charge on any atom is 0.306 e. The molecule has 1 saturated carbocycles.